The van der Waals surface area contributed by atoms with Crippen LogP contribution in [0.5, 0.6) is 0 Å². The van der Waals surface area contributed by atoms with E-state index in [0.717, 1.165) is 6.42 Å². The average molecular weight is 198 g/mol. The maximum absolute atomic E-state index is 11.7. The van der Waals surface area contributed by atoms with E-state index in [1.165, 1.54) is 0 Å². The van der Waals surface area contributed by atoms with Crippen molar-refractivity contribution in [2.75, 3.05) is 19.7 Å². The number of aliphatic hydroxyl groups is 1. The summed E-state index contributed by atoms with van der Waals surface area (Å²) in [7, 11) is 0. The molecule has 0 aliphatic carbocycles. The number of carbonyl (C=O) groups excluding carboxylic acids is 1. The number of hydrogen-bond donors (Lipinski definition) is 1. The van der Waals surface area contributed by atoms with Gasteiger partial charge in [0.2, 0.25) is 5.91 Å². The second-order valence-electron chi connectivity index (χ2n) is 3.14. The van der Waals surface area contributed by atoms with Gasteiger partial charge in [-0.3, -0.25) is 4.79 Å². The summed E-state index contributed by atoms with van der Waals surface area (Å²) < 4.78 is 0. The molecule has 1 unspecified atom stereocenters. The molecule has 80 valence electrons. The molecule has 0 aromatic heterocycles. The first-order valence-electron chi connectivity index (χ1n) is 5.00. The highest BCUT2D eigenvalue weighted by atomic mass is 16.3. The van der Waals surface area contributed by atoms with Crippen molar-refractivity contribution >= 4 is 5.91 Å². The van der Waals surface area contributed by atoms with Crippen LogP contribution in [-0.4, -0.2) is 35.6 Å². The van der Waals surface area contributed by atoms with Crippen molar-refractivity contribution in [1.82, 2.24) is 4.90 Å². The van der Waals surface area contributed by atoms with Crippen LogP contribution in [0, 0.1) is 17.2 Å². The maximum Gasteiger partial charge on any atom is 0.239 e. The number of aliphatic hydroxyl groups excluding tert-OH is 1. The van der Waals surface area contributed by atoms with Crippen molar-refractivity contribution in [2.24, 2.45) is 5.92 Å². The molecule has 1 atom stereocenters. The van der Waals surface area contributed by atoms with Crippen LogP contribution in [0.4, 0.5) is 0 Å². The fraction of sp³-hybridized carbons (Fsp3) is 0.800. The van der Waals surface area contributed by atoms with Crippen LogP contribution in [0.25, 0.3) is 0 Å². The Kier molecular flexibility index (Phi) is 6.77. The van der Waals surface area contributed by atoms with Gasteiger partial charge in [0.25, 0.3) is 0 Å². The number of nitriles is 1. The summed E-state index contributed by atoms with van der Waals surface area (Å²) in [5.41, 5.74) is 0. The Morgan fingerprint density at radius 1 is 1.50 bits per heavy atom. The van der Waals surface area contributed by atoms with Gasteiger partial charge in [0.1, 0.15) is 5.92 Å². The lowest BCUT2D eigenvalue weighted by Crippen LogP contribution is -2.38. The second kappa shape index (κ2) is 7.34. The van der Waals surface area contributed by atoms with Crippen LogP contribution < -0.4 is 0 Å². The predicted octanol–water partition coefficient (Wildman–Crippen LogP) is 0.767. The molecule has 1 amide bonds. The van der Waals surface area contributed by atoms with Crippen LogP contribution in [0.3, 0.4) is 0 Å². The Hall–Kier alpha value is -1.08. The third-order valence-corrected chi connectivity index (χ3v) is 2.04. The van der Waals surface area contributed by atoms with E-state index >= 15 is 0 Å². The Balaban J connectivity index is 4.34. The maximum atomic E-state index is 11.7. The number of rotatable bonds is 6. The normalized spacial score (nSPS) is 11.9. The topological polar surface area (TPSA) is 64.3 Å². The largest absolute Gasteiger partial charge is 0.395 e. The van der Waals surface area contributed by atoms with Crippen molar-refractivity contribution in [1.29, 1.82) is 5.26 Å². The number of hydrogen-bond acceptors (Lipinski definition) is 3. The van der Waals surface area contributed by atoms with Crippen molar-refractivity contribution in [3.8, 4) is 6.07 Å². The Morgan fingerprint density at radius 2 is 2.14 bits per heavy atom. The van der Waals surface area contributed by atoms with Gasteiger partial charge in [0, 0.05) is 13.1 Å². The molecule has 1 N–H and O–H groups in total. The molecule has 0 aliphatic rings. The van der Waals surface area contributed by atoms with E-state index in [1.54, 1.807) is 4.90 Å². The van der Waals surface area contributed by atoms with E-state index in [-0.39, 0.29) is 12.5 Å². The summed E-state index contributed by atoms with van der Waals surface area (Å²) in [6.07, 6.45) is 1.37. The first kappa shape index (κ1) is 12.9. The van der Waals surface area contributed by atoms with Crippen LogP contribution >= 0.6 is 0 Å². The number of amides is 1. The van der Waals surface area contributed by atoms with Gasteiger partial charge in [-0.1, -0.05) is 13.8 Å². The molecular weight excluding hydrogens is 180 g/mol. The van der Waals surface area contributed by atoms with Gasteiger partial charge >= 0.3 is 0 Å². The Bertz CT molecular complexity index is 205. The molecule has 0 heterocycles. The SMILES string of the molecule is CCCN(CCO)C(=O)C(C#N)CC. The van der Waals surface area contributed by atoms with Gasteiger partial charge in [0.15, 0.2) is 0 Å². The minimum atomic E-state index is -0.562. The molecule has 0 rings (SSSR count). The zero-order valence-corrected chi connectivity index (χ0v) is 8.86. The van der Waals surface area contributed by atoms with Crippen molar-refractivity contribution in [3.05, 3.63) is 0 Å². The molecular formula is C10H18N2O2. The van der Waals surface area contributed by atoms with E-state index in [1.807, 2.05) is 19.9 Å². The Labute approximate surface area is 85.1 Å². The fourth-order valence-electron chi connectivity index (χ4n) is 1.26. The summed E-state index contributed by atoms with van der Waals surface area (Å²) in [6, 6.07) is 1.98. The highest BCUT2D eigenvalue weighted by Crippen LogP contribution is 2.06. The summed E-state index contributed by atoms with van der Waals surface area (Å²) in [6.45, 7) is 4.66. The minimum absolute atomic E-state index is 0.0480. The van der Waals surface area contributed by atoms with Crippen molar-refractivity contribution < 1.29 is 9.90 Å². The van der Waals surface area contributed by atoms with Crippen LogP contribution in [0.2, 0.25) is 0 Å². The van der Waals surface area contributed by atoms with Crippen LogP contribution in [0.1, 0.15) is 26.7 Å². The third-order valence-electron chi connectivity index (χ3n) is 2.04. The first-order chi connectivity index (χ1) is 6.71. The van der Waals surface area contributed by atoms with Crippen LogP contribution in [0.15, 0.2) is 0 Å². The van der Waals surface area contributed by atoms with E-state index in [2.05, 4.69) is 0 Å². The van der Waals surface area contributed by atoms with Gasteiger partial charge in [-0.15, -0.1) is 0 Å². The molecule has 0 spiro atoms. The third kappa shape index (κ3) is 3.75. The molecule has 14 heavy (non-hydrogen) atoms. The lowest BCUT2D eigenvalue weighted by Gasteiger charge is -2.22. The van der Waals surface area contributed by atoms with E-state index in [9.17, 15) is 4.79 Å². The summed E-state index contributed by atoms with van der Waals surface area (Å²) in [5, 5.41) is 17.5. The molecule has 0 fully saturated rings. The minimum Gasteiger partial charge on any atom is -0.395 e. The highest BCUT2D eigenvalue weighted by Gasteiger charge is 2.21. The lowest BCUT2D eigenvalue weighted by atomic mass is 10.1. The summed E-state index contributed by atoms with van der Waals surface area (Å²) in [4.78, 5) is 13.2. The van der Waals surface area contributed by atoms with Gasteiger partial charge in [-0.2, -0.15) is 5.26 Å². The molecule has 0 aromatic carbocycles. The van der Waals surface area contributed by atoms with E-state index in [0.29, 0.717) is 19.5 Å². The zero-order chi connectivity index (χ0) is 11.0. The van der Waals surface area contributed by atoms with Gasteiger partial charge < -0.3 is 10.0 Å². The second-order valence-corrected chi connectivity index (χ2v) is 3.14. The lowest BCUT2D eigenvalue weighted by molar-refractivity contribution is -0.134. The zero-order valence-electron chi connectivity index (χ0n) is 8.86. The van der Waals surface area contributed by atoms with E-state index < -0.39 is 5.92 Å². The van der Waals surface area contributed by atoms with Gasteiger partial charge in [0.05, 0.1) is 12.7 Å². The molecule has 0 aliphatic heterocycles. The monoisotopic (exact) mass is 198 g/mol. The molecule has 4 nitrogen and oxygen atoms in total. The fourth-order valence-corrected chi connectivity index (χ4v) is 1.26. The number of carbonyl (C=O) groups is 1. The molecule has 4 heteroatoms. The van der Waals surface area contributed by atoms with Gasteiger partial charge in [-0.05, 0) is 12.8 Å². The van der Waals surface area contributed by atoms with Gasteiger partial charge in [-0.25, -0.2) is 0 Å². The number of nitrogens with zero attached hydrogens (tertiary/aromatic N) is 2. The summed E-state index contributed by atoms with van der Waals surface area (Å²) in [5.74, 6) is -0.723. The predicted molar refractivity (Wildman–Crippen MR) is 53.4 cm³/mol. The highest BCUT2D eigenvalue weighted by molar-refractivity contribution is 5.81. The Morgan fingerprint density at radius 3 is 2.50 bits per heavy atom. The molecule has 0 saturated carbocycles. The van der Waals surface area contributed by atoms with E-state index in [4.69, 9.17) is 10.4 Å². The molecule has 0 saturated heterocycles. The first-order valence-corrected chi connectivity index (χ1v) is 5.00. The summed E-state index contributed by atoms with van der Waals surface area (Å²) >= 11 is 0. The molecule has 0 radical (unpaired) electrons. The quantitative estimate of drug-likeness (QED) is 0.685. The van der Waals surface area contributed by atoms with Crippen LogP contribution in [-0.2, 0) is 4.79 Å². The average Bonchev–Trinajstić information content (AvgIpc) is 2.19. The standard InChI is InChI=1S/C10H18N2O2/c1-3-5-12(6-7-13)10(14)9(4-2)8-11/h9,13H,3-7H2,1-2H3. The smallest absolute Gasteiger partial charge is 0.239 e. The van der Waals surface area contributed by atoms with Crippen molar-refractivity contribution in [2.45, 2.75) is 26.7 Å². The van der Waals surface area contributed by atoms with Crippen molar-refractivity contribution in [3.63, 3.8) is 0 Å². The molecule has 0 aromatic rings. The molecule has 0 bridgehead atoms.